The Balaban J connectivity index is 1.87. The van der Waals surface area contributed by atoms with E-state index in [1.807, 2.05) is 6.07 Å². The lowest BCUT2D eigenvalue weighted by atomic mass is 10.2. The molecule has 0 saturated heterocycles. The molecule has 0 spiro atoms. The van der Waals surface area contributed by atoms with Crippen LogP contribution in [0, 0.1) is 11.7 Å². The quantitative estimate of drug-likeness (QED) is 0.757. The van der Waals surface area contributed by atoms with E-state index in [-0.39, 0.29) is 5.82 Å². The van der Waals surface area contributed by atoms with Gasteiger partial charge in [-0.1, -0.05) is 19.9 Å². The zero-order valence-electron chi connectivity index (χ0n) is 12.0. The molecule has 1 aromatic carbocycles. The van der Waals surface area contributed by atoms with Gasteiger partial charge in [-0.25, -0.2) is 9.37 Å². The second-order valence-corrected chi connectivity index (χ2v) is 6.53. The van der Waals surface area contributed by atoms with E-state index in [2.05, 4.69) is 24.1 Å². The average molecular weight is 304 g/mol. The lowest BCUT2D eigenvalue weighted by molar-refractivity contribution is 0.545. The summed E-state index contributed by atoms with van der Waals surface area (Å²) < 4.78 is 19.7. The van der Waals surface area contributed by atoms with Crippen LogP contribution in [0.2, 0.25) is 0 Å². The van der Waals surface area contributed by atoms with Crippen LogP contribution in [-0.4, -0.2) is 11.5 Å². The molecule has 1 N–H and O–H groups in total. The second-order valence-electron chi connectivity index (χ2n) is 5.45. The van der Waals surface area contributed by atoms with E-state index in [0.29, 0.717) is 12.5 Å². The SMILES string of the molecule is CC(C)CNCc1ncoc1-c1cc2ccc(F)cc2s1. The van der Waals surface area contributed by atoms with Gasteiger partial charge < -0.3 is 9.73 Å². The number of hydrogen-bond acceptors (Lipinski definition) is 4. The number of hydrogen-bond donors (Lipinski definition) is 1. The number of aromatic nitrogens is 1. The maximum absolute atomic E-state index is 13.3. The third-order valence-corrected chi connectivity index (χ3v) is 4.29. The minimum Gasteiger partial charge on any atom is -0.442 e. The molecule has 0 bridgehead atoms. The Morgan fingerprint density at radius 1 is 1.33 bits per heavy atom. The van der Waals surface area contributed by atoms with Gasteiger partial charge in [-0.2, -0.15) is 0 Å². The van der Waals surface area contributed by atoms with Crippen molar-refractivity contribution in [1.29, 1.82) is 0 Å². The predicted molar refractivity (Wildman–Crippen MR) is 83.8 cm³/mol. The van der Waals surface area contributed by atoms with Gasteiger partial charge in [0.15, 0.2) is 12.2 Å². The number of oxazole rings is 1. The molecule has 0 aliphatic carbocycles. The molecule has 2 aromatic heterocycles. The minimum atomic E-state index is -0.215. The highest BCUT2D eigenvalue weighted by atomic mass is 32.1. The van der Waals surface area contributed by atoms with Gasteiger partial charge in [0.2, 0.25) is 0 Å². The van der Waals surface area contributed by atoms with E-state index >= 15 is 0 Å². The van der Waals surface area contributed by atoms with Crippen molar-refractivity contribution in [2.75, 3.05) is 6.54 Å². The highest BCUT2D eigenvalue weighted by Crippen LogP contribution is 2.35. The molecule has 5 heteroatoms. The summed E-state index contributed by atoms with van der Waals surface area (Å²) in [5.74, 6) is 1.15. The summed E-state index contributed by atoms with van der Waals surface area (Å²) in [6.45, 7) is 5.94. The Kier molecular flexibility index (Phi) is 4.03. The van der Waals surface area contributed by atoms with Crippen LogP contribution in [0.1, 0.15) is 19.5 Å². The van der Waals surface area contributed by atoms with Gasteiger partial charge in [0.1, 0.15) is 11.5 Å². The van der Waals surface area contributed by atoms with E-state index in [0.717, 1.165) is 33.0 Å². The van der Waals surface area contributed by atoms with Crippen LogP contribution in [0.25, 0.3) is 20.7 Å². The first-order valence-electron chi connectivity index (χ1n) is 6.96. The molecule has 2 heterocycles. The molecule has 0 fully saturated rings. The number of fused-ring (bicyclic) bond motifs is 1. The van der Waals surface area contributed by atoms with Gasteiger partial charge in [-0.15, -0.1) is 11.3 Å². The Hall–Kier alpha value is -1.72. The molecule has 0 saturated carbocycles. The van der Waals surface area contributed by atoms with Crippen molar-refractivity contribution in [3.05, 3.63) is 42.2 Å². The molecule has 0 aliphatic heterocycles. The Labute approximate surface area is 126 Å². The third kappa shape index (κ3) is 3.14. The first-order chi connectivity index (χ1) is 10.1. The van der Waals surface area contributed by atoms with Crippen LogP contribution in [0.15, 0.2) is 35.1 Å². The van der Waals surface area contributed by atoms with Crippen LogP contribution in [0.5, 0.6) is 0 Å². The van der Waals surface area contributed by atoms with Crippen molar-refractivity contribution in [1.82, 2.24) is 10.3 Å². The van der Waals surface area contributed by atoms with Crippen molar-refractivity contribution in [2.45, 2.75) is 20.4 Å². The molecule has 110 valence electrons. The standard InChI is InChI=1S/C16H17FN2OS/c1-10(2)7-18-8-13-16(20-9-19-13)15-5-11-3-4-12(17)6-14(11)21-15/h3-6,9-10,18H,7-8H2,1-2H3. The van der Waals surface area contributed by atoms with Gasteiger partial charge in [0.25, 0.3) is 0 Å². The van der Waals surface area contributed by atoms with Crippen molar-refractivity contribution in [3.8, 4) is 10.6 Å². The summed E-state index contributed by atoms with van der Waals surface area (Å²) >= 11 is 1.52. The van der Waals surface area contributed by atoms with Gasteiger partial charge in [0, 0.05) is 11.2 Å². The highest BCUT2D eigenvalue weighted by Gasteiger charge is 2.14. The fourth-order valence-electron chi connectivity index (χ4n) is 2.19. The molecular weight excluding hydrogens is 287 g/mol. The lowest BCUT2D eigenvalue weighted by Crippen LogP contribution is -2.19. The van der Waals surface area contributed by atoms with Gasteiger partial charge in [0.05, 0.1) is 4.88 Å². The maximum atomic E-state index is 13.3. The van der Waals surface area contributed by atoms with Crippen LogP contribution < -0.4 is 5.32 Å². The van der Waals surface area contributed by atoms with Crippen molar-refractivity contribution in [3.63, 3.8) is 0 Å². The van der Waals surface area contributed by atoms with Crippen molar-refractivity contribution >= 4 is 21.4 Å². The van der Waals surface area contributed by atoms with Gasteiger partial charge >= 0.3 is 0 Å². The molecular formula is C16H17FN2OS. The number of rotatable bonds is 5. The molecule has 0 amide bonds. The number of benzene rings is 1. The first kappa shape index (κ1) is 14.2. The topological polar surface area (TPSA) is 38.1 Å². The monoisotopic (exact) mass is 304 g/mol. The normalized spacial score (nSPS) is 11.6. The first-order valence-corrected chi connectivity index (χ1v) is 7.77. The van der Waals surface area contributed by atoms with Crippen LogP contribution >= 0.6 is 11.3 Å². The average Bonchev–Trinajstić information content (AvgIpc) is 3.03. The van der Waals surface area contributed by atoms with Crippen molar-refractivity contribution < 1.29 is 8.81 Å². The van der Waals surface area contributed by atoms with Crippen LogP contribution in [-0.2, 0) is 6.54 Å². The summed E-state index contributed by atoms with van der Waals surface area (Å²) in [6.07, 6.45) is 1.46. The summed E-state index contributed by atoms with van der Waals surface area (Å²) in [5.41, 5.74) is 0.891. The summed E-state index contributed by atoms with van der Waals surface area (Å²) in [4.78, 5) is 5.26. The van der Waals surface area contributed by atoms with Crippen LogP contribution in [0.4, 0.5) is 4.39 Å². The summed E-state index contributed by atoms with van der Waals surface area (Å²) in [6, 6.07) is 6.84. The molecule has 3 nitrogen and oxygen atoms in total. The van der Waals surface area contributed by atoms with Gasteiger partial charge in [-0.05, 0) is 36.0 Å². The number of halogens is 1. The van der Waals surface area contributed by atoms with Gasteiger partial charge in [-0.3, -0.25) is 0 Å². The lowest BCUT2D eigenvalue weighted by Gasteiger charge is -2.05. The molecule has 0 radical (unpaired) electrons. The fourth-order valence-corrected chi connectivity index (χ4v) is 3.29. The third-order valence-electron chi connectivity index (χ3n) is 3.19. The highest BCUT2D eigenvalue weighted by molar-refractivity contribution is 7.22. The zero-order valence-corrected chi connectivity index (χ0v) is 12.8. The fraction of sp³-hybridized carbons (Fsp3) is 0.312. The number of thiophene rings is 1. The van der Waals surface area contributed by atoms with E-state index in [1.54, 1.807) is 12.1 Å². The van der Waals surface area contributed by atoms with E-state index in [9.17, 15) is 4.39 Å². The molecule has 0 unspecified atom stereocenters. The van der Waals surface area contributed by atoms with E-state index in [1.165, 1.54) is 23.8 Å². The molecule has 0 aliphatic rings. The molecule has 3 aromatic rings. The zero-order chi connectivity index (χ0) is 14.8. The minimum absolute atomic E-state index is 0.215. The molecule has 0 atom stereocenters. The molecule has 21 heavy (non-hydrogen) atoms. The number of nitrogens with zero attached hydrogens (tertiary/aromatic N) is 1. The predicted octanol–water partition coefficient (Wildman–Crippen LogP) is 4.44. The summed E-state index contributed by atoms with van der Waals surface area (Å²) in [5, 5.41) is 4.38. The summed E-state index contributed by atoms with van der Waals surface area (Å²) in [7, 11) is 0. The Bertz CT molecular complexity index is 748. The van der Waals surface area contributed by atoms with E-state index < -0.39 is 0 Å². The van der Waals surface area contributed by atoms with E-state index in [4.69, 9.17) is 4.42 Å². The molecule has 3 rings (SSSR count). The largest absolute Gasteiger partial charge is 0.442 e. The van der Waals surface area contributed by atoms with Crippen molar-refractivity contribution in [2.24, 2.45) is 5.92 Å². The smallest absolute Gasteiger partial charge is 0.181 e. The van der Waals surface area contributed by atoms with Crippen LogP contribution in [0.3, 0.4) is 0 Å². The maximum Gasteiger partial charge on any atom is 0.181 e. The number of nitrogens with one attached hydrogen (secondary N) is 1. The Morgan fingerprint density at radius 2 is 2.19 bits per heavy atom. The second kappa shape index (κ2) is 5.95. The Morgan fingerprint density at radius 3 is 3.00 bits per heavy atom.